The molecule has 1 amide bonds. The Morgan fingerprint density at radius 2 is 2.00 bits per heavy atom. The number of anilines is 1. The van der Waals surface area contributed by atoms with Crippen molar-refractivity contribution in [1.29, 1.82) is 0 Å². The number of methoxy groups -OCH3 is 1. The van der Waals surface area contributed by atoms with Gasteiger partial charge in [0.05, 0.1) is 18.7 Å². The van der Waals surface area contributed by atoms with E-state index >= 15 is 0 Å². The average Bonchev–Trinajstić information content (AvgIpc) is 2.65. The minimum atomic E-state index is -0.254. The van der Waals surface area contributed by atoms with Gasteiger partial charge in [-0.05, 0) is 55.7 Å². The molecule has 0 radical (unpaired) electrons. The lowest BCUT2D eigenvalue weighted by molar-refractivity contribution is -0.117. The third kappa shape index (κ3) is 3.97. The van der Waals surface area contributed by atoms with Gasteiger partial charge in [-0.3, -0.25) is 9.79 Å². The molecular weight excluding hydrogens is 312 g/mol. The molecule has 4 nitrogen and oxygen atoms in total. The van der Waals surface area contributed by atoms with E-state index in [1.165, 1.54) is 5.56 Å². The van der Waals surface area contributed by atoms with Gasteiger partial charge in [0.2, 0.25) is 5.91 Å². The van der Waals surface area contributed by atoms with Crippen LogP contribution in [0.5, 0.6) is 5.75 Å². The van der Waals surface area contributed by atoms with E-state index < -0.39 is 0 Å². The lowest BCUT2D eigenvalue weighted by Gasteiger charge is -2.16. The quantitative estimate of drug-likeness (QED) is 0.902. The monoisotopic (exact) mass is 334 g/mol. The first kappa shape index (κ1) is 17.0. The number of hydrogen-bond acceptors (Lipinski definition) is 3. The van der Waals surface area contributed by atoms with Crippen LogP contribution in [0.25, 0.3) is 5.70 Å². The molecule has 0 saturated carbocycles. The Bertz CT molecular complexity index is 853. The Balaban J connectivity index is 1.66. The molecule has 4 heteroatoms. The summed E-state index contributed by atoms with van der Waals surface area (Å²) in [5.74, 6) is 0.507. The van der Waals surface area contributed by atoms with Gasteiger partial charge in [-0.25, -0.2) is 0 Å². The number of benzene rings is 2. The number of amides is 1. The van der Waals surface area contributed by atoms with Crippen LogP contribution >= 0.6 is 0 Å². The second-order valence-corrected chi connectivity index (χ2v) is 6.23. The predicted octanol–water partition coefficient (Wildman–Crippen LogP) is 4.38. The van der Waals surface area contributed by atoms with Gasteiger partial charge in [0.25, 0.3) is 0 Å². The lowest BCUT2D eigenvalue weighted by Crippen LogP contribution is -2.24. The second kappa shape index (κ2) is 7.34. The summed E-state index contributed by atoms with van der Waals surface area (Å²) in [6, 6.07) is 13.7. The van der Waals surface area contributed by atoms with Crippen LogP contribution in [-0.2, 0) is 4.79 Å². The van der Waals surface area contributed by atoms with Crippen molar-refractivity contribution in [2.75, 3.05) is 12.4 Å². The highest BCUT2D eigenvalue weighted by atomic mass is 16.5. The molecule has 128 valence electrons. The van der Waals surface area contributed by atoms with Crippen LogP contribution in [0.3, 0.4) is 0 Å². The Kier molecular flexibility index (Phi) is 4.98. The van der Waals surface area contributed by atoms with Gasteiger partial charge in [0.1, 0.15) is 5.75 Å². The molecule has 0 aromatic heterocycles. The number of hydrogen-bond donors (Lipinski definition) is 1. The van der Waals surface area contributed by atoms with Crippen molar-refractivity contribution >= 4 is 23.5 Å². The van der Waals surface area contributed by atoms with Gasteiger partial charge in [-0.1, -0.05) is 24.3 Å². The molecule has 0 fully saturated rings. The van der Waals surface area contributed by atoms with Crippen molar-refractivity contribution < 1.29 is 9.53 Å². The van der Waals surface area contributed by atoms with E-state index in [4.69, 9.17) is 4.74 Å². The van der Waals surface area contributed by atoms with E-state index in [0.717, 1.165) is 28.3 Å². The summed E-state index contributed by atoms with van der Waals surface area (Å²) in [5.41, 5.74) is 5.06. The molecule has 0 saturated heterocycles. The number of nitrogens with one attached hydrogen (secondary N) is 1. The SMILES string of the molecule is COc1cccc(C2=CCC(C(=O)Nc3ccc(C)c(C)c3)C=N2)c1. The zero-order chi connectivity index (χ0) is 17.8. The van der Waals surface area contributed by atoms with Gasteiger partial charge in [-0.2, -0.15) is 0 Å². The van der Waals surface area contributed by atoms with Crippen LogP contribution in [0.2, 0.25) is 0 Å². The first-order valence-electron chi connectivity index (χ1n) is 8.33. The van der Waals surface area contributed by atoms with Crippen LogP contribution in [0.1, 0.15) is 23.1 Å². The molecule has 0 aliphatic carbocycles. The molecule has 25 heavy (non-hydrogen) atoms. The molecule has 1 unspecified atom stereocenters. The smallest absolute Gasteiger partial charge is 0.233 e. The van der Waals surface area contributed by atoms with Gasteiger partial charge in [-0.15, -0.1) is 0 Å². The van der Waals surface area contributed by atoms with Gasteiger partial charge < -0.3 is 10.1 Å². The molecule has 3 rings (SSSR count). The summed E-state index contributed by atoms with van der Waals surface area (Å²) in [7, 11) is 1.64. The molecule has 1 aliphatic heterocycles. The fraction of sp³-hybridized carbons (Fsp3) is 0.238. The number of rotatable bonds is 4. The standard InChI is InChI=1S/C21H22N2O2/c1-14-7-9-18(11-15(14)2)23-21(24)17-8-10-20(22-13-17)16-5-4-6-19(12-16)25-3/h4-7,9-13,17H,8H2,1-3H3,(H,23,24). The predicted molar refractivity (Wildman–Crippen MR) is 102 cm³/mol. The fourth-order valence-corrected chi connectivity index (χ4v) is 2.73. The fourth-order valence-electron chi connectivity index (χ4n) is 2.73. The van der Waals surface area contributed by atoms with Crippen molar-refractivity contribution in [3.05, 3.63) is 65.2 Å². The zero-order valence-corrected chi connectivity index (χ0v) is 14.7. The maximum Gasteiger partial charge on any atom is 0.233 e. The van der Waals surface area contributed by atoms with Crippen LogP contribution in [0, 0.1) is 19.8 Å². The second-order valence-electron chi connectivity index (χ2n) is 6.23. The first-order valence-corrected chi connectivity index (χ1v) is 8.33. The van der Waals surface area contributed by atoms with Gasteiger partial charge in [0, 0.05) is 17.5 Å². The third-order valence-corrected chi connectivity index (χ3v) is 4.44. The van der Waals surface area contributed by atoms with Crippen molar-refractivity contribution in [1.82, 2.24) is 0 Å². The third-order valence-electron chi connectivity index (χ3n) is 4.44. The number of ether oxygens (including phenoxy) is 1. The Labute approximate surface area is 148 Å². The van der Waals surface area contributed by atoms with Crippen LogP contribution < -0.4 is 10.1 Å². The maximum absolute atomic E-state index is 12.5. The first-order chi connectivity index (χ1) is 12.1. The van der Waals surface area contributed by atoms with E-state index in [1.807, 2.05) is 55.5 Å². The number of carbonyl (C=O) groups is 1. The van der Waals surface area contributed by atoms with Crippen molar-refractivity contribution in [2.45, 2.75) is 20.3 Å². The minimum absolute atomic E-state index is 0.0343. The topological polar surface area (TPSA) is 50.7 Å². The Hall–Kier alpha value is -2.88. The molecule has 2 aromatic carbocycles. The highest BCUT2D eigenvalue weighted by Crippen LogP contribution is 2.25. The van der Waals surface area contributed by atoms with Gasteiger partial charge >= 0.3 is 0 Å². The summed E-state index contributed by atoms with van der Waals surface area (Å²) >= 11 is 0. The average molecular weight is 334 g/mol. The maximum atomic E-state index is 12.5. The van der Waals surface area contributed by atoms with Crippen molar-refractivity contribution in [3.63, 3.8) is 0 Å². The summed E-state index contributed by atoms with van der Waals surface area (Å²) in [6.07, 6.45) is 4.36. The highest BCUT2D eigenvalue weighted by Gasteiger charge is 2.19. The molecule has 0 spiro atoms. The molecule has 2 aromatic rings. The van der Waals surface area contributed by atoms with E-state index in [9.17, 15) is 4.79 Å². The largest absolute Gasteiger partial charge is 0.497 e. The van der Waals surface area contributed by atoms with Crippen LogP contribution in [0.15, 0.2) is 53.5 Å². The van der Waals surface area contributed by atoms with Crippen LogP contribution in [-0.4, -0.2) is 19.2 Å². The zero-order valence-electron chi connectivity index (χ0n) is 14.7. The van der Waals surface area contributed by atoms with Crippen LogP contribution in [0.4, 0.5) is 5.69 Å². The minimum Gasteiger partial charge on any atom is -0.497 e. The summed E-state index contributed by atoms with van der Waals surface area (Å²) in [5, 5.41) is 2.97. The van der Waals surface area contributed by atoms with E-state index in [1.54, 1.807) is 13.3 Å². The van der Waals surface area contributed by atoms with Gasteiger partial charge in [0.15, 0.2) is 0 Å². The van der Waals surface area contributed by atoms with Crippen molar-refractivity contribution in [2.24, 2.45) is 10.9 Å². The number of nitrogens with zero attached hydrogens (tertiary/aromatic N) is 1. The summed E-state index contributed by atoms with van der Waals surface area (Å²) < 4.78 is 5.25. The van der Waals surface area contributed by atoms with Crippen molar-refractivity contribution in [3.8, 4) is 5.75 Å². The molecule has 1 atom stereocenters. The lowest BCUT2D eigenvalue weighted by atomic mass is 10.00. The number of aliphatic imine (C=N–C) groups is 1. The highest BCUT2D eigenvalue weighted by molar-refractivity contribution is 6.03. The summed E-state index contributed by atoms with van der Waals surface area (Å²) in [6.45, 7) is 4.09. The summed E-state index contributed by atoms with van der Waals surface area (Å²) in [4.78, 5) is 16.9. The number of allylic oxidation sites excluding steroid dienone is 1. The van der Waals surface area contributed by atoms with E-state index in [-0.39, 0.29) is 11.8 Å². The van der Waals surface area contributed by atoms with E-state index in [2.05, 4.69) is 17.2 Å². The molecule has 1 N–H and O–H groups in total. The number of carbonyl (C=O) groups excluding carboxylic acids is 1. The normalized spacial score (nSPS) is 16.3. The molecule has 1 heterocycles. The molecule has 1 aliphatic rings. The number of aryl methyl sites for hydroxylation is 2. The van der Waals surface area contributed by atoms with E-state index in [0.29, 0.717) is 6.42 Å². The Morgan fingerprint density at radius 1 is 1.16 bits per heavy atom. The Morgan fingerprint density at radius 3 is 2.68 bits per heavy atom. The molecular formula is C21H22N2O2. The molecule has 0 bridgehead atoms.